The number of rotatable bonds is 4. The second-order valence-electron chi connectivity index (χ2n) is 5.87. The van der Waals surface area contributed by atoms with Gasteiger partial charge in [-0.1, -0.05) is 48.5 Å². The number of para-hydroxylation sites is 1. The van der Waals surface area contributed by atoms with Crippen molar-refractivity contribution in [2.75, 3.05) is 0 Å². The lowest BCUT2D eigenvalue weighted by molar-refractivity contribution is -0.115. The number of thioether (sulfide) groups is 1. The molecule has 4 rings (SSSR count). The Bertz CT molecular complexity index is 989. The van der Waals surface area contributed by atoms with Crippen LogP contribution in [0.15, 0.2) is 65.6 Å². The molecule has 0 spiro atoms. The van der Waals surface area contributed by atoms with Gasteiger partial charge in [0.05, 0.1) is 4.91 Å². The van der Waals surface area contributed by atoms with Gasteiger partial charge in [0.25, 0.3) is 11.1 Å². The number of fused-ring (bicyclic) bond motifs is 1. The second kappa shape index (κ2) is 6.61. The zero-order chi connectivity index (χ0) is 17.2. The molecule has 2 aromatic carbocycles. The van der Waals surface area contributed by atoms with Crippen LogP contribution in [0.1, 0.15) is 11.3 Å². The number of aryl methyl sites for hydroxylation is 2. The van der Waals surface area contributed by atoms with Crippen molar-refractivity contribution < 1.29 is 9.59 Å². The van der Waals surface area contributed by atoms with E-state index in [-0.39, 0.29) is 11.1 Å². The number of aromatic nitrogens is 1. The van der Waals surface area contributed by atoms with E-state index in [2.05, 4.69) is 40.2 Å². The van der Waals surface area contributed by atoms with Gasteiger partial charge in [0.2, 0.25) is 0 Å². The Morgan fingerprint density at radius 3 is 2.52 bits per heavy atom. The van der Waals surface area contributed by atoms with E-state index < -0.39 is 0 Å². The first-order valence-electron chi connectivity index (χ1n) is 8.08. The predicted octanol–water partition coefficient (Wildman–Crippen LogP) is 4.21. The first-order chi connectivity index (χ1) is 12.2. The predicted molar refractivity (Wildman–Crippen MR) is 101 cm³/mol. The van der Waals surface area contributed by atoms with Gasteiger partial charge < -0.3 is 4.57 Å². The van der Waals surface area contributed by atoms with Crippen LogP contribution >= 0.6 is 11.8 Å². The zero-order valence-corrected chi connectivity index (χ0v) is 14.3. The van der Waals surface area contributed by atoms with Crippen LogP contribution in [0.4, 0.5) is 4.79 Å². The van der Waals surface area contributed by atoms with Gasteiger partial charge in [-0.25, -0.2) is 0 Å². The van der Waals surface area contributed by atoms with E-state index in [1.807, 2.05) is 30.3 Å². The minimum absolute atomic E-state index is 0.316. The largest absolute Gasteiger partial charge is 0.341 e. The summed E-state index contributed by atoms with van der Waals surface area (Å²) in [5.74, 6) is -0.324. The number of nitrogens with zero attached hydrogens (tertiary/aromatic N) is 1. The van der Waals surface area contributed by atoms with E-state index in [1.165, 1.54) is 5.56 Å². The fourth-order valence-electron chi connectivity index (χ4n) is 3.04. The van der Waals surface area contributed by atoms with Gasteiger partial charge in [0.1, 0.15) is 0 Å². The van der Waals surface area contributed by atoms with Crippen LogP contribution in [-0.4, -0.2) is 15.7 Å². The van der Waals surface area contributed by atoms with Crippen molar-refractivity contribution in [3.8, 4) is 0 Å². The molecular formula is C20H16N2O2S. The highest BCUT2D eigenvalue weighted by atomic mass is 32.2. The van der Waals surface area contributed by atoms with Crippen molar-refractivity contribution in [2.45, 2.75) is 13.0 Å². The molecule has 1 aromatic heterocycles. The van der Waals surface area contributed by atoms with Gasteiger partial charge in [-0.3, -0.25) is 14.9 Å². The van der Waals surface area contributed by atoms with Crippen LogP contribution in [-0.2, 0) is 17.8 Å². The molecule has 0 bridgehead atoms. The highest BCUT2D eigenvalue weighted by Gasteiger charge is 2.25. The minimum Gasteiger partial charge on any atom is -0.341 e. The quantitative estimate of drug-likeness (QED) is 0.719. The molecule has 124 valence electrons. The monoisotopic (exact) mass is 348 g/mol. The minimum atomic E-state index is -0.324. The van der Waals surface area contributed by atoms with Crippen LogP contribution in [0.25, 0.3) is 17.0 Å². The average Bonchev–Trinajstić information content (AvgIpc) is 3.13. The molecule has 0 radical (unpaired) electrons. The maximum atomic E-state index is 11.9. The molecule has 4 nitrogen and oxygen atoms in total. The van der Waals surface area contributed by atoms with Crippen molar-refractivity contribution in [2.24, 2.45) is 0 Å². The maximum absolute atomic E-state index is 11.9. The van der Waals surface area contributed by atoms with Crippen LogP contribution in [0.3, 0.4) is 0 Å². The van der Waals surface area contributed by atoms with Crippen molar-refractivity contribution in [3.05, 3.63) is 76.8 Å². The fourth-order valence-corrected chi connectivity index (χ4v) is 3.71. The van der Waals surface area contributed by atoms with E-state index in [4.69, 9.17) is 0 Å². The SMILES string of the molecule is O=C1NC(=O)/C(=C/c2cc3ccccc3n2CCc2ccccc2)S1. The lowest BCUT2D eigenvalue weighted by Gasteiger charge is -2.09. The van der Waals surface area contributed by atoms with Crippen molar-refractivity contribution in [1.82, 2.24) is 9.88 Å². The summed E-state index contributed by atoms with van der Waals surface area (Å²) in [5, 5.41) is 3.11. The summed E-state index contributed by atoms with van der Waals surface area (Å²) in [5.41, 5.74) is 3.33. The molecule has 0 unspecified atom stereocenters. The van der Waals surface area contributed by atoms with Crippen molar-refractivity contribution in [3.63, 3.8) is 0 Å². The summed E-state index contributed by atoms with van der Waals surface area (Å²) < 4.78 is 2.20. The molecule has 2 amide bonds. The Kier molecular flexibility index (Phi) is 4.15. The summed E-state index contributed by atoms with van der Waals surface area (Å²) in [6.07, 6.45) is 2.70. The summed E-state index contributed by atoms with van der Waals surface area (Å²) in [7, 11) is 0. The average molecular weight is 348 g/mol. The number of nitrogens with one attached hydrogen (secondary N) is 1. The number of carbonyl (C=O) groups is 2. The van der Waals surface area contributed by atoms with Crippen molar-refractivity contribution >= 4 is 39.9 Å². The van der Waals surface area contributed by atoms with Gasteiger partial charge in [-0.15, -0.1) is 0 Å². The highest BCUT2D eigenvalue weighted by Crippen LogP contribution is 2.28. The van der Waals surface area contributed by atoms with Gasteiger partial charge >= 0.3 is 0 Å². The van der Waals surface area contributed by atoms with Gasteiger partial charge in [-0.05, 0) is 42.0 Å². The van der Waals surface area contributed by atoms with Gasteiger partial charge in [-0.2, -0.15) is 0 Å². The molecule has 0 atom stereocenters. The maximum Gasteiger partial charge on any atom is 0.290 e. The molecule has 25 heavy (non-hydrogen) atoms. The number of benzene rings is 2. The van der Waals surface area contributed by atoms with E-state index >= 15 is 0 Å². The molecule has 1 fully saturated rings. The number of imide groups is 1. The van der Waals surface area contributed by atoms with Crippen molar-refractivity contribution in [1.29, 1.82) is 0 Å². The Labute approximate surface area is 149 Å². The fraction of sp³-hybridized carbons (Fsp3) is 0.100. The molecule has 1 aliphatic heterocycles. The molecule has 1 aliphatic rings. The van der Waals surface area contributed by atoms with Crippen LogP contribution in [0.5, 0.6) is 0 Å². The lowest BCUT2D eigenvalue weighted by Crippen LogP contribution is -2.17. The number of carbonyl (C=O) groups excluding carboxylic acids is 2. The molecule has 1 N–H and O–H groups in total. The molecule has 3 aromatic rings. The molecule has 0 saturated carbocycles. The summed E-state index contributed by atoms with van der Waals surface area (Å²) in [6.45, 7) is 0.802. The third kappa shape index (κ3) is 3.23. The van der Waals surface area contributed by atoms with E-state index in [0.717, 1.165) is 41.3 Å². The van der Waals surface area contributed by atoms with Crippen LogP contribution < -0.4 is 5.32 Å². The van der Waals surface area contributed by atoms with Gasteiger partial charge in [0.15, 0.2) is 0 Å². The summed E-state index contributed by atoms with van der Waals surface area (Å²) in [4.78, 5) is 23.7. The van der Waals surface area contributed by atoms with Crippen LogP contribution in [0.2, 0.25) is 0 Å². The van der Waals surface area contributed by atoms with Crippen LogP contribution in [0, 0.1) is 0 Å². The number of hydrogen-bond acceptors (Lipinski definition) is 3. The van der Waals surface area contributed by atoms with E-state index in [9.17, 15) is 9.59 Å². The molecule has 0 aliphatic carbocycles. The lowest BCUT2D eigenvalue weighted by atomic mass is 10.1. The zero-order valence-electron chi connectivity index (χ0n) is 13.4. The number of hydrogen-bond donors (Lipinski definition) is 1. The first kappa shape index (κ1) is 15.7. The summed E-state index contributed by atoms with van der Waals surface area (Å²) in [6, 6.07) is 20.5. The summed E-state index contributed by atoms with van der Waals surface area (Å²) >= 11 is 0.950. The van der Waals surface area contributed by atoms with E-state index in [0.29, 0.717) is 4.91 Å². The standard InChI is InChI=1S/C20H16N2O2S/c23-19-18(25-20(24)21-19)13-16-12-15-8-4-5-9-17(15)22(16)11-10-14-6-2-1-3-7-14/h1-9,12-13H,10-11H2,(H,21,23,24)/b18-13-. The highest BCUT2D eigenvalue weighted by molar-refractivity contribution is 8.18. The smallest absolute Gasteiger partial charge is 0.290 e. The topological polar surface area (TPSA) is 51.1 Å². The Morgan fingerprint density at radius 2 is 1.76 bits per heavy atom. The Hall–Kier alpha value is -2.79. The normalized spacial score (nSPS) is 15.9. The molecule has 5 heteroatoms. The Balaban J connectivity index is 1.72. The second-order valence-corrected chi connectivity index (χ2v) is 6.88. The van der Waals surface area contributed by atoms with E-state index in [1.54, 1.807) is 6.08 Å². The molecular weight excluding hydrogens is 332 g/mol. The molecule has 1 saturated heterocycles. The number of amides is 2. The molecule has 2 heterocycles. The Morgan fingerprint density at radius 1 is 1.00 bits per heavy atom. The third-order valence-electron chi connectivity index (χ3n) is 4.23. The third-order valence-corrected chi connectivity index (χ3v) is 5.04. The van der Waals surface area contributed by atoms with Gasteiger partial charge in [0, 0.05) is 23.1 Å². The first-order valence-corrected chi connectivity index (χ1v) is 8.89.